The van der Waals surface area contributed by atoms with Crippen LogP contribution in [0.2, 0.25) is 5.02 Å². The molecule has 1 amide bonds. The number of alkyl halides is 1. The van der Waals surface area contributed by atoms with Gasteiger partial charge in [-0.2, -0.15) is 0 Å². The second kappa shape index (κ2) is 19.5. The molecule has 1 aromatic heterocycles. The van der Waals surface area contributed by atoms with Crippen molar-refractivity contribution in [2.45, 2.75) is 110 Å². The number of aldehydes is 1. The van der Waals surface area contributed by atoms with E-state index in [0.29, 0.717) is 41.5 Å². The van der Waals surface area contributed by atoms with Gasteiger partial charge in [-0.1, -0.05) is 43.3 Å². The van der Waals surface area contributed by atoms with Gasteiger partial charge in [0.15, 0.2) is 0 Å². The predicted molar refractivity (Wildman–Crippen MR) is 204 cm³/mol. The monoisotopic (exact) mass is 705 g/mol. The Bertz CT molecular complexity index is 1790. The highest BCUT2D eigenvalue weighted by Crippen LogP contribution is 2.48. The maximum Gasteiger partial charge on any atom is 0.204 e. The molecule has 2 fully saturated rings. The highest BCUT2D eigenvalue weighted by Gasteiger charge is 2.41. The summed E-state index contributed by atoms with van der Waals surface area (Å²) in [5.74, 6) is 5.77. The third-order valence-corrected chi connectivity index (χ3v) is 9.91. The number of benzene rings is 2. The Balaban J connectivity index is 0.000000487. The van der Waals surface area contributed by atoms with Gasteiger partial charge in [0.2, 0.25) is 6.41 Å². The molecule has 0 bridgehead atoms. The number of fused-ring (bicyclic) bond motifs is 1. The number of pyridine rings is 1. The molecular weight excluding hydrogens is 652 g/mol. The van der Waals surface area contributed by atoms with Gasteiger partial charge >= 0.3 is 0 Å². The molecule has 5 nitrogen and oxygen atoms in total. The molecule has 3 aliphatic carbocycles. The summed E-state index contributed by atoms with van der Waals surface area (Å²) in [7, 11) is 1.50. The van der Waals surface area contributed by atoms with Gasteiger partial charge in [0, 0.05) is 27.6 Å². The average Bonchev–Trinajstić information content (AvgIpc) is 4.07. The number of hydrogen-bond donors (Lipinski definition) is 2. The first-order valence-electron chi connectivity index (χ1n) is 17.3. The molecule has 0 spiro atoms. The summed E-state index contributed by atoms with van der Waals surface area (Å²) in [6.45, 7) is 15.9. The average molecular weight is 706 g/mol. The molecule has 2 aromatic carbocycles. The molecule has 2 atom stereocenters. The summed E-state index contributed by atoms with van der Waals surface area (Å²) in [6, 6.07) is 11.2. The molecule has 0 radical (unpaired) electrons. The van der Waals surface area contributed by atoms with Crippen LogP contribution in [0.3, 0.4) is 0 Å². The number of hydrogen-bond acceptors (Lipinski definition) is 4. The van der Waals surface area contributed by atoms with Gasteiger partial charge in [-0.05, 0) is 156 Å². The number of aromatic nitrogens is 1. The largest absolute Gasteiger partial charge is 0.372 e. The van der Waals surface area contributed by atoms with Gasteiger partial charge in [0.25, 0.3) is 0 Å². The number of nitrogens with two attached hydrogens (primary N) is 2. The van der Waals surface area contributed by atoms with Crippen molar-refractivity contribution in [3.05, 3.63) is 85.6 Å². The van der Waals surface area contributed by atoms with Crippen LogP contribution < -0.4 is 21.9 Å². The molecule has 2 saturated carbocycles. The zero-order chi connectivity index (χ0) is 37.6. The number of carbonyl (C=O) groups excluding carboxylic acids is 2. The van der Waals surface area contributed by atoms with Crippen LogP contribution in [-0.2, 0) is 27.8 Å². The van der Waals surface area contributed by atoms with E-state index in [-0.39, 0.29) is 18.1 Å². The van der Waals surface area contributed by atoms with Gasteiger partial charge in [0.1, 0.15) is 17.8 Å². The van der Waals surface area contributed by atoms with E-state index in [0.717, 1.165) is 65.6 Å². The first kappa shape index (κ1) is 42.3. The fourth-order valence-corrected chi connectivity index (χ4v) is 6.31. The molecule has 0 aliphatic heterocycles. The van der Waals surface area contributed by atoms with Crippen LogP contribution in [0.1, 0.15) is 107 Å². The Kier molecular flexibility index (Phi) is 16.5. The van der Waals surface area contributed by atoms with Crippen molar-refractivity contribution >= 4 is 37.0 Å². The van der Waals surface area contributed by atoms with E-state index < -0.39 is 11.1 Å². The maximum absolute atomic E-state index is 15.0. The standard InChI is InChI=1S/C31H31ClFNO.C5H9F.C4H6.CH3NO.CH5N/c1-5-21-13-20(12-18(2)19(21)3)14-25(22-6-7-22)29-16-27-24(10-11-31(27,4)17-35)30(34-29)26-15-23(32)8-9-28(26)33;1-2-5(6)3-4-5;1-3-4-2;2-1-3;1-2/h5,8-9,12-13,15-17,22,25H,3,6-7,10-11,14H2,1-2,4H3;2-4H2,1H3;1-2H3;1H,(H2,2,3);2H2,1H3/b21-5-;;;;. The van der Waals surface area contributed by atoms with Crippen LogP contribution in [-0.4, -0.2) is 30.4 Å². The summed E-state index contributed by atoms with van der Waals surface area (Å²) in [5.41, 5.74) is 13.8. The van der Waals surface area contributed by atoms with Crippen LogP contribution in [0.5, 0.6) is 0 Å². The number of halogens is 3. The highest BCUT2D eigenvalue weighted by molar-refractivity contribution is 6.30. The van der Waals surface area contributed by atoms with Crippen LogP contribution >= 0.6 is 11.6 Å². The quantitative estimate of drug-likeness (QED) is 0.194. The lowest BCUT2D eigenvalue weighted by Crippen LogP contribution is -2.26. The van der Waals surface area contributed by atoms with Crippen LogP contribution in [0.4, 0.5) is 8.78 Å². The predicted octanol–water partition coefficient (Wildman–Crippen LogP) is 7.80. The molecule has 4 N–H and O–H groups in total. The number of aryl methyl sites for hydroxylation is 1. The van der Waals surface area contributed by atoms with E-state index in [1.54, 1.807) is 12.1 Å². The fourth-order valence-electron chi connectivity index (χ4n) is 6.14. The number of nitrogens with zero attached hydrogens (tertiary/aromatic N) is 1. The first-order valence-corrected chi connectivity index (χ1v) is 17.7. The number of primary amides is 1. The van der Waals surface area contributed by atoms with Gasteiger partial charge in [-0.3, -0.25) is 9.78 Å². The lowest BCUT2D eigenvalue weighted by atomic mass is 9.82. The molecule has 1 heterocycles. The minimum Gasteiger partial charge on any atom is -0.372 e. The molecule has 3 aliphatic rings. The molecular formula is C42H54ClF2N3O2. The Morgan fingerprint density at radius 3 is 2.20 bits per heavy atom. The van der Waals surface area contributed by atoms with E-state index in [1.807, 2.05) is 34.6 Å². The summed E-state index contributed by atoms with van der Waals surface area (Å²) in [5, 5.41) is 2.70. The molecule has 6 rings (SSSR count). The van der Waals surface area contributed by atoms with E-state index in [1.165, 1.54) is 24.2 Å². The van der Waals surface area contributed by atoms with Crippen LogP contribution in [0.15, 0.2) is 36.4 Å². The molecule has 0 saturated heterocycles. The second-order valence-electron chi connectivity index (χ2n) is 13.1. The van der Waals surface area contributed by atoms with E-state index in [2.05, 4.69) is 61.1 Å². The summed E-state index contributed by atoms with van der Waals surface area (Å²) < 4.78 is 27.3. The number of amides is 1. The Morgan fingerprint density at radius 1 is 1.10 bits per heavy atom. The third-order valence-electron chi connectivity index (χ3n) is 9.68. The van der Waals surface area contributed by atoms with Crippen LogP contribution in [0.25, 0.3) is 23.9 Å². The van der Waals surface area contributed by atoms with E-state index in [4.69, 9.17) is 21.4 Å². The van der Waals surface area contributed by atoms with Crippen molar-refractivity contribution < 1.29 is 18.4 Å². The normalized spacial score (nSPS) is 18.3. The molecule has 8 heteroatoms. The van der Waals surface area contributed by atoms with E-state index in [9.17, 15) is 9.18 Å². The molecule has 50 heavy (non-hydrogen) atoms. The summed E-state index contributed by atoms with van der Waals surface area (Å²) in [6.07, 6.45) is 10.3. The van der Waals surface area contributed by atoms with Crippen molar-refractivity contribution in [1.29, 1.82) is 0 Å². The smallest absolute Gasteiger partial charge is 0.204 e. The van der Waals surface area contributed by atoms with Gasteiger partial charge in [0.05, 0.1) is 5.69 Å². The first-order chi connectivity index (χ1) is 23.8. The van der Waals surface area contributed by atoms with Crippen molar-refractivity contribution in [1.82, 2.24) is 4.98 Å². The number of rotatable bonds is 7. The lowest BCUT2D eigenvalue weighted by molar-refractivity contribution is -0.112. The Labute approximate surface area is 302 Å². The Morgan fingerprint density at radius 2 is 1.72 bits per heavy atom. The van der Waals surface area contributed by atoms with Crippen molar-refractivity contribution in [2.24, 2.45) is 17.4 Å². The molecule has 2 unspecified atom stereocenters. The van der Waals surface area contributed by atoms with Gasteiger partial charge in [-0.25, -0.2) is 8.78 Å². The maximum atomic E-state index is 15.0. The van der Waals surface area contributed by atoms with Crippen molar-refractivity contribution in [2.75, 3.05) is 7.05 Å². The summed E-state index contributed by atoms with van der Waals surface area (Å²) >= 11 is 6.27. The highest BCUT2D eigenvalue weighted by atomic mass is 35.5. The van der Waals surface area contributed by atoms with Crippen LogP contribution in [0, 0.1) is 30.5 Å². The zero-order valence-electron chi connectivity index (χ0n) is 30.8. The third kappa shape index (κ3) is 11.1. The molecule has 270 valence electrons. The minimum atomic E-state index is -0.708. The number of carbonyl (C=O) groups is 2. The van der Waals surface area contributed by atoms with Gasteiger partial charge < -0.3 is 16.3 Å². The second-order valence-corrected chi connectivity index (χ2v) is 13.6. The zero-order valence-corrected chi connectivity index (χ0v) is 31.5. The summed E-state index contributed by atoms with van der Waals surface area (Å²) in [4.78, 5) is 25.9. The van der Waals surface area contributed by atoms with Crippen molar-refractivity contribution in [3.8, 4) is 23.1 Å². The minimum absolute atomic E-state index is 0.206. The van der Waals surface area contributed by atoms with Crippen molar-refractivity contribution in [3.63, 3.8) is 0 Å². The fraction of sp³-hybridized carbons (Fsp3) is 0.452. The Hall–Kier alpha value is -3.86. The molecule has 3 aromatic rings. The lowest BCUT2D eigenvalue weighted by Gasteiger charge is -2.23. The SMILES string of the molecule is C=c1c(C)cc(CC(c2cc3c(c(-c4cc(Cl)ccc4F)n2)CCC3(C)C=O)C2CC2)c/c1=C/C.CC#CC.CCC1(F)CC1.CN.NC=O. The van der Waals surface area contributed by atoms with Gasteiger partial charge in [-0.15, -0.1) is 11.8 Å². The van der Waals surface area contributed by atoms with E-state index >= 15 is 4.39 Å². The topological polar surface area (TPSA) is 99.1 Å².